The molecule has 188 valence electrons. The number of carbonyl (C=O) groups excluding carboxylic acids is 1. The van der Waals surface area contributed by atoms with Crippen LogP contribution < -0.4 is 4.90 Å². The van der Waals surface area contributed by atoms with Crippen molar-refractivity contribution in [3.05, 3.63) is 101 Å². The quantitative estimate of drug-likeness (QED) is 0.310. The van der Waals surface area contributed by atoms with Crippen LogP contribution in [0.4, 0.5) is 23.2 Å². The van der Waals surface area contributed by atoms with E-state index in [1.54, 1.807) is 47.4 Å². The van der Waals surface area contributed by atoms with Crippen molar-refractivity contribution in [2.45, 2.75) is 6.18 Å². The third kappa shape index (κ3) is 4.98. The van der Waals surface area contributed by atoms with Gasteiger partial charge >= 0.3 is 6.18 Å². The molecule has 1 aromatic heterocycles. The van der Waals surface area contributed by atoms with Crippen LogP contribution in [0.15, 0.2) is 66.7 Å². The van der Waals surface area contributed by atoms with Gasteiger partial charge in [0.2, 0.25) is 0 Å². The van der Waals surface area contributed by atoms with Gasteiger partial charge in [0, 0.05) is 37.3 Å². The maximum absolute atomic E-state index is 14.1. The van der Waals surface area contributed by atoms with Gasteiger partial charge in [0.15, 0.2) is 5.69 Å². The van der Waals surface area contributed by atoms with E-state index < -0.39 is 11.9 Å². The Bertz CT molecular complexity index is 1430. The van der Waals surface area contributed by atoms with Gasteiger partial charge in [-0.1, -0.05) is 41.9 Å². The molecule has 0 N–H and O–H groups in total. The molecular weight excluding hydrogens is 508 g/mol. The summed E-state index contributed by atoms with van der Waals surface area (Å²) >= 11 is 6.15. The minimum absolute atomic E-state index is 0.0712. The Morgan fingerprint density at radius 3 is 2.30 bits per heavy atom. The number of carbonyl (C=O) groups is 1. The molecule has 5 rings (SSSR count). The zero-order valence-corrected chi connectivity index (χ0v) is 20.0. The molecule has 37 heavy (non-hydrogen) atoms. The fourth-order valence-electron chi connectivity index (χ4n) is 4.26. The van der Waals surface area contributed by atoms with Crippen LogP contribution in [0.1, 0.15) is 16.1 Å². The zero-order chi connectivity index (χ0) is 26.2. The molecule has 1 fully saturated rings. The van der Waals surface area contributed by atoms with Crippen molar-refractivity contribution >= 4 is 23.2 Å². The Balaban J connectivity index is 1.36. The van der Waals surface area contributed by atoms with Crippen LogP contribution in [0, 0.1) is 17.9 Å². The SMILES string of the molecule is O=C(c1ccc(-c2cc(C(F)(F)F)nn2-c2ccc#cc2Cl)cc1)N1CCN(c2ccccc2F)CC1. The number of anilines is 1. The summed E-state index contributed by atoms with van der Waals surface area (Å²) in [5, 5.41) is 3.80. The Morgan fingerprint density at radius 2 is 1.65 bits per heavy atom. The van der Waals surface area contributed by atoms with Crippen LogP contribution in [0.5, 0.6) is 0 Å². The average Bonchev–Trinajstić information content (AvgIpc) is 3.35. The summed E-state index contributed by atoms with van der Waals surface area (Å²) in [5.74, 6) is -0.515. The fraction of sp³-hybridized carbons (Fsp3) is 0.185. The Hall–Kier alpha value is -4.03. The van der Waals surface area contributed by atoms with Crippen molar-refractivity contribution in [1.29, 1.82) is 0 Å². The molecular formula is C27H19ClF4N4O. The fourth-order valence-corrected chi connectivity index (χ4v) is 4.46. The highest BCUT2D eigenvalue weighted by Gasteiger charge is 2.35. The van der Waals surface area contributed by atoms with Crippen molar-refractivity contribution in [2.24, 2.45) is 0 Å². The molecule has 1 aliphatic heterocycles. The lowest BCUT2D eigenvalue weighted by molar-refractivity contribution is -0.141. The second-order valence-corrected chi connectivity index (χ2v) is 8.81. The van der Waals surface area contributed by atoms with Gasteiger partial charge in [0.25, 0.3) is 5.91 Å². The van der Waals surface area contributed by atoms with Crippen LogP contribution in [0.2, 0.25) is 5.02 Å². The standard InChI is InChI=1S/C27H19ClF4N4O/c28-20-5-1-3-7-22(20)36-24(17-25(33-36)27(30,31)32)18-9-11-19(12-10-18)26(37)35-15-13-34(14-16-35)23-8-4-2-6-21(23)29/h2-4,6-12,17H,13-16H2. The summed E-state index contributed by atoms with van der Waals surface area (Å²) in [5.41, 5.74) is 0.630. The molecule has 0 unspecified atom stereocenters. The van der Waals surface area contributed by atoms with Crippen LogP contribution >= 0.6 is 11.6 Å². The van der Waals surface area contributed by atoms with Gasteiger partial charge in [-0.2, -0.15) is 18.3 Å². The van der Waals surface area contributed by atoms with Crippen molar-refractivity contribution in [1.82, 2.24) is 14.7 Å². The van der Waals surface area contributed by atoms with Gasteiger partial charge in [-0.3, -0.25) is 4.79 Å². The van der Waals surface area contributed by atoms with Crippen molar-refractivity contribution < 1.29 is 22.4 Å². The van der Waals surface area contributed by atoms with E-state index in [9.17, 15) is 22.4 Å². The number of hydrogen-bond acceptors (Lipinski definition) is 3. The summed E-state index contributed by atoms with van der Waals surface area (Å²) in [6, 6.07) is 22.0. The van der Waals surface area contributed by atoms with Crippen molar-refractivity contribution in [2.75, 3.05) is 31.1 Å². The van der Waals surface area contributed by atoms with Gasteiger partial charge in [-0.25, -0.2) is 9.07 Å². The number of benzene rings is 2. The maximum atomic E-state index is 14.1. The smallest absolute Gasteiger partial charge is 0.366 e. The number of halogens is 5. The van der Waals surface area contributed by atoms with Gasteiger partial charge in [0.1, 0.15) is 10.8 Å². The third-order valence-corrected chi connectivity index (χ3v) is 6.44. The number of para-hydroxylation sites is 1. The predicted molar refractivity (Wildman–Crippen MR) is 131 cm³/mol. The molecule has 0 saturated carbocycles. The molecule has 0 atom stereocenters. The van der Waals surface area contributed by atoms with E-state index in [1.165, 1.54) is 18.2 Å². The first kappa shape index (κ1) is 24.7. The molecule has 0 radical (unpaired) electrons. The van der Waals surface area contributed by atoms with E-state index in [4.69, 9.17) is 11.6 Å². The second-order valence-electron chi connectivity index (χ2n) is 8.43. The maximum Gasteiger partial charge on any atom is 0.435 e. The van der Waals surface area contributed by atoms with E-state index in [0.29, 0.717) is 43.0 Å². The normalized spacial score (nSPS) is 14.0. The lowest BCUT2D eigenvalue weighted by Crippen LogP contribution is -2.49. The van der Waals surface area contributed by atoms with E-state index in [0.717, 1.165) is 10.7 Å². The number of amides is 1. The van der Waals surface area contributed by atoms with Crippen molar-refractivity contribution in [3.8, 4) is 16.9 Å². The monoisotopic (exact) mass is 526 g/mol. The van der Waals surface area contributed by atoms with Crippen LogP contribution in [0.3, 0.4) is 0 Å². The first-order chi connectivity index (χ1) is 17.7. The summed E-state index contributed by atoms with van der Waals surface area (Å²) < 4.78 is 55.6. The number of alkyl halides is 3. The first-order valence-electron chi connectivity index (χ1n) is 11.4. The minimum Gasteiger partial charge on any atom is -0.366 e. The predicted octanol–water partition coefficient (Wildman–Crippen LogP) is 5.91. The lowest BCUT2D eigenvalue weighted by atomic mass is 10.1. The highest BCUT2D eigenvalue weighted by atomic mass is 35.5. The molecule has 2 heterocycles. The Labute approximate surface area is 215 Å². The largest absolute Gasteiger partial charge is 0.435 e. The number of piperazine rings is 1. The number of rotatable bonds is 4. The number of hydrogen-bond donors (Lipinski definition) is 0. The molecule has 4 aromatic rings. The molecule has 0 spiro atoms. The highest BCUT2D eigenvalue weighted by Crippen LogP contribution is 2.34. The highest BCUT2D eigenvalue weighted by molar-refractivity contribution is 6.32. The number of nitrogens with zero attached hydrogens (tertiary/aromatic N) is 4. The van der Waals surface area contributed by atoms with Gasteiger partial charge in [-0.15, -0.1) is 0 Å². The Kier molecular flexibility index (Phi) is 6.52. The second kappa shape index (κ2) is 9.79. The van der Waals surface area contributed by atoms with Crippen LogP contribution in [0.25, 0.3) is 16.9 Å². The van der Waals surface area contributed by atoms with E-state index in [2.05, 4.69) is 17.2 Å². The molecule has 0 bridgehead atoms. The summed E-state index contributed by atoms with van der Waals surface area (Å²) in [4.78, 5) is 16.6. The molecule has 5 nitrogen and oxygen atoms in total. The molecule has 3 aromatic carbocycles. The minimum atomic E-state index is -4.65. The van der Waals surface area contributed by atoms with Crippen LogP contribution in [-0.2, 0) is 6.18 Å². The van der Waals surface area contributed by atoms with Gasteiger partial charge in [-0.05, 0) is 48.5 Å². The molecule has 10 heteroatoms. The summed E-state index contributed by atoms with van der Waals surface area (Å²) in [7, 11) is 0. The molecule has 1 amide bonds. The summed E-state index contributed by atoms with van der Waals surface area (Å²) in [6.45, 7) is 1.79. The first-order valence-corrected chi connectivity index (χ1v) is 11.7. The molecule has 0 aliphatic carbocycles. The topological polar surface area (TPSA) is 41.4 Å². The number of aromatic nitrogens is 2. The zero-order valence-electron chi connectivity index (χ0n) is 19.3. The summed E-state index contributed by atoms with van der Waals surface area (Å²) in [6.07, 6.45) is -4.65. The Morgan fingerprint density at radius 1 is 0.946 bits per heavy atom. The molecule has 1 saturated heterocycles. The van der Waals surface area contributed by atoms with Gasteiger partial charge in [0.05, 0.1) is 17.1 Å². The van der Waals surface area contributed by atoms with E-state index in [1.807, 2.05) is 4.90 Å². The lowest BCUT2D eigenvalue weighted by Gasteiger charge is -2.36. The average molecular weight is 527 g/mol. The molecule has 1 aliphatic rings. The van der Waals surface area contributed by atoms with E-state index >= 15 is 0 Å². The third-order valence-electron chi connectivity index (χ3n) is 6.15. The van der Waals surface area contributed by atoms with Gasteiger partial charge < -0.3 is 9.80 Å². The van der Waals surface area contributed by atoms with Crippen LogP contribution in [-0.4, -0.2) is 46.8 Å². The van der Waals surface area contributed by atoms with E-state index in [-0.39, 0.29) is 28.1 Å². The van der Waals surface area contributed by atoms with Crippen molar-refractivity contribution in [3.63, 3.8) is 0 Å².